The summed E-state index contributed by atoms with van der Waals surface area (Å²) in [4.78, 5) is 30.1. The molecule has 41 heavy (non-hydrogen) atoms. The van der Waals surface area contributed by atoms with Gasteiger partial charge < -0.3 is 20.4 Å². The number of halogens is 1. The normalized spacial score (nSPS) is 13.5. The molecular formula is C34H33ClN4O2. The summed E-state index contributed by atoms with van der Waals surface area (Å²) in [5, 5.41) is 6.98. The Labute approximate surface area is 246 Å². The van der Waals surface area contributed by atoms with Gasteiger partial charge >= 0.3 is 0 Å². The van der Waals surface area contributed by atoms with E-state index in [2.05, 4.69) is 34.7 Å². The van der Waals surface area contributed by atoms with E-state index in [0.717, 1.165) is 35.6 Å². The van der Waals surface area contributed by atoms with E-state index in [1.54, 1.807) is 12.1 Å². The van der Waals surface area contributed by atoms with Crippen molar-refractivity contribution in [1.82, 2.24) is 4.90 Å². The molecule has 2 amide bonds. The molecule has 2 N–H and O–H groups in total. The minimum absolute atomic E-state index is 0.0730. The van der Waals surface area contributed by atoms with Crippen molar-refractivity contribution >= 4 is 51.7 Å². The zero-order chi connectivity index (χ0) is 28.8. The molecule has 0 spiro atoms. The monoisotopic (exact) mass is 564 g/mol. The Balaban J connectivity index is 1.38. The highest BCUT2D eigenvalue weighted by Crippen LogP contribution is 2.38. The fourth-order valence-corrected chi connectivity index (χ4v) is 5.15. The molecule has 0 aliphatic carbocycles. The van der Waals surface area contributed by atoms with E-state index in [4.69, 9.17) is 11.6 Å². The molecular weight excluding hydrogens is 532 g/mol. The summed E-state index contributed by atoms with van der Waals surface area (Å²) in [6, 6.07) is 33.3. The van der Waals surface area contributed by atoms with Crippen LogP contribution >= 0.6 is 11.6 Å². The lowest BCUT2D eigenvalue weighted by atomic mass is 10.00. The van der Waals surface area contributed by atoms with Gasteiger partial charge in [0.1, 0.15) is 0 Å². The van der Waals surface area contributed by atoms with E-state index < -0.39 is 0 Å². The number of nitrogens with zero attached hydrogens (tertiary/aromatic N) is 2. The lowest BCUT2D eigenvalue weighted by molar-refractivity contribution is -0.118. The van der Waals surface area contributed by atoms with Crippen LogP contribution in [0.5, 0.6) is 0 Å². The molecule has 5 rings (SSSR count). The Bertz CT molecular complexity index is 1550. The van der Waals surface area contributed by atoms with Crippen LogP contribution in [0.2, 0.25) is 5.02 Å². The van der Waals surface area contributed by atoms with Crippen LogP contribution in [0.15, 0.2) is 103 Å². The first kappa shape index (κ1) is 28.1. The van der Waals surface area contributed by atoms with Crippen molar-refractivity contribution in [2.45, 2.75) is 19.9 Å². The first-order valence-corrected chi connectivity index (χ1v) is 14.1. The molecule has 1 aliphatic heterocycles. The Hall–Kier alpha value is -4.39. The highest BCUT2D eigenvalue weighted by atomic mass is 35.5. The van der Waals surface area contributed by atoms with Gasteiger partial charge in [-0.3, -0.25) is 9.59 Å². The number of amides is 2. The number of fused-ring (bicyclic) bond motifs is 1. The smallest absolute Gasteiger partial charge is 0.258 e. The number of likely N-dealkylation sites (N-methyl/N-ethyl adjacent to an activating group) is 1. The Morgan fingerprint density at radius 3 is 2.24 bits per heavy atom. The predicted molar refractivity (Wildman–Crippen MR) is 169 cm³/mol. The lowest BCUT2D eigenvalue weighted by Gasteiger charge is -2.26. The minimum atomic E-state index is -0.190. The van der Waals surface area contributed by atoms with Gasteiger partial charge in [0.25, 0.3) is 5.91 Å². The molecule has 0 radical (unpaired) electrons. The lowest BCUT2D eigenvalue weighted by Crippen LogP contribution is -2.37. The van der Waals surface area contributed by atoms with Crippen molar-refractivity contribution in [3.63, 3.8) is 0 Å². The molecule has 0 saturated carbocycles. The van der Waals surface area contributed by atoms with Crippen LogP contribution in [0.3, 0.4) is 0 Å². The first-order chi connectivity index (χ1) is 19.9. The third kappa shape index (κ3) is 6.68. The number of benzene rings is 4. The highest BCUT2D eigenvalue weighted by Gasteiger charge is 2.28. The van der Waals surface area contributed by atoms with E-state index in [1.807, 2.05) is 90.7 Å². The molecule has 4 aromatic carbocycles. The van der Waals surface area contributed by atoms with Crippen LogP contribution in [0.4, 0.5) is 17.1 Å². The van der Waals surface area contributed by atoms with E-state index in [-0.39, 0.29) is 11.8 Å². The second-order valence-corrected chi connectivity index (χ2v) is 10.5. The number of hydrogen-bond acceptors (Lipinski definition) is 4. The summed E-state index contributed by atoms with van der Waals surface area (Å²) < 4.78 is 0. The van der Waals surface area contributed by atoms with Gasteiger partial charge in [0.15, 0.2) is 0 Å². The van der Waals surface area contributed by atoms with E-state index in [1.165, 1.54) is 5.56 Å². The average molecular weight is 565 g/mol. The van der Waals surface area contributed by atoms with Gasteiger partial charge in [-0.15, -0.1) is 0 Å². The fraction of sp³-hybridized carbons (Fsp3) is 0.176. The van der Waals surface area contributed by atoms with Crippen LogP contribution in [0.25, 0.3) is 11.3 Å². The third-order valence-corrected chi connectivity index (χ3v) is 7.33. The SMILES string of the molecule is CCC(=O)N(CCN(C)Cc1ccccc1)c1ccc(N/C(=C2\C(=O)Nc3cc(Cl)ccc32)c2ccccc2)cc1. The number of carbonyl (C=O) groups excluding carboxylic acids is 2. The number of hydrogen-bond donors (Lipinski definition) is 2. The van der Waals surface area contributed by atoms with Crippen molar-refractivity contribution in [3.8, 4) is 0 Å². The maximum atomic E-state index is 13.1. The minimum Gasteiger partial charge on any atom is -0.354 e. The number of rotatable bonds is 10. The van der Waals surface area contributed by atoms with Gasteiger partial charge in [0, 0.05) is 48.0 Å². The Morgan fingerprint density at radius 1 is 0.878 bits per heavy atom. The molecule has 0 unspecified atom stereocenters. The van der Waals surface area contributed by atoms with Gasteiger partial charge in [-0.25, -0.2) is 0 Å². The van der Waals surface area contributed by atoms with Gasteiger partial charge in [-0.2, -0.15) is 0 Å². The maximum absolute atomic E-state index is 13.1. The zero-order valence-corrected chi connectivity index (χ0v) is 24.0. The van der Waals surface area contributed by atoms with Gasteiger partial charge in [0.2, 0.25) is 5.91 Å². The standard InChI is InChI=1S/C34H33ClN4O2/c1-3-31(40)39(21-20-38(2)23-24-10-6-4-7-11-24)28-17-15-27(16-18-28)36-33(25-12-8-5-9-13-25)32-29-19-14-26(35)22-30(29)37-34(32)41/h4-19,22,36H,3,20-21,23H2,1-2H3,(H,37,41)/b33-32-. The van der Waals surface area contributed by atoms with E-state index >= 15 is 0 Å². The molecule has 0 fully saturated rings. The molecule has 0 saturated heterocycles. The topological polar surface area (TPSA) is 64.7 Å². The quantitative estimate of drug-likeness (QED) is 0.201. The number of anilines is 3. The maximum Gasteiger partial charge on any atom is 0.258 e. The molecule has 0 aromatic heterocycles. The summed E-state index contributed by atoms with van der Waals surface area (Å²) in [6.07, 6.45) is 0.422. The molecule has 1 heterocycles. The number of nitrogens with one attached hydrogen (secondary N) is 2. The van der Waals surface area contributed by atoms with Crippen molar-refractivity contribution in [2.24, 2.45) is 0 Å². The molecule has 4 aromatic rings. The van der Waals surface area contributed by atoms with E-state index in [9.17, 15) is 9.59 Å². The molecule has 6 nitrogen and oxygen atoms in total. The predicted octanol–water partition coefficient (Wildman–Crippen LogP) is 7.15. The summed E-state index contributed by atoms with van der Waals surface area (Å²) >= 11 is 6.18. The second-order valence-electron chi connectivity index (χ2n) is 10.1. The van der Waals surface area contributed by atoms with Crippen LogP contribution in [0, 0.1) is 0 Å². The summed E-state index contributed by atoms with van der Waals surface area (Å²) in [6.45, 7) is 4.03. The fourth-order valence-electron chi connectivity index (χ4n) is 4.98. The van der Waals surface area contributed by atoms with Gasteiger partial charge in [-0.1, -0.05) is 85.3 Å². The van der Waals surface area contributed by atoms with E-state index in [0.29, 0.717) is 34.9 Å². The average Bonchev–Trinajstić information content (AvgIpc) is 3.31. The van der Waals surface area contributed by atoms with Gasteiger partial charge in [0.05, 0.1) is 17.0 Å². The molecule has 1 aliphatic rings. The third-order valence-electron chi connectivity index (χ3n) is 7.09. The second kappa shape index (κ2) is 12.9. The molecule has 0 bridgehead atoms. The summed E-state index contributed by atoms with van der Waals surface area (Å²) in [5.41, 5.74) is 6.49. The van der Waals surface area contributed by atoms with Crippen LogP contribution in [-0.2, 0) is 16.1 Å². The van der Waals surface area contributed by atoms with Gasteiger partial charge in [-0.05, 0) is 54.6 Å². The molecule has 7 heteroatoms. The van der Waals surface area contributed by atoms with Crippen molar-refractivity contribution in [3.05, 3.63) is 125 Å². The highest BCUT2D eigenvalue weighted by molar-refractivity contribution is 6.38. The van der Waals surface area contributed by atoms with Crippen LogP contribution < -0.4 is 15.5 Å². The summed E-state index contributed by atoms with van der Waals surface area (Å²) in [7, 11) is 2.07. The number of carbonyl (C=O) groups is 2. The first-order valence-electron chi connectivity index (χ1n) is 13.7. The molecule has 0 atom stereocenters. The van der Waals surface area contributed by atoms with Crippen LogP contribution in [-0.4, -0.2) is 36.9 Å². The zero-order valence-electron chi connectivity index (χ0n) is 23.2. The molecule has 208 valence electrons. The summed E-state index contributed by atoms with van der Waals surface area (Å²) in [5.74, 6) is -0.117. The van der Waals surface area contributed by atoms with Crippen LogP contribution in [0.1, 0.15) is 30.0 Å². The Morgan fingerprint density at radius 2 is 1.56 bits per heavy atom. The van der Waals surface area contributed by atoms with Crippen molar-refractivity contribution in [2.75, 3.05) is 35.7 Å². The van der Waals surface area contributed by atoms with Crippen molar-refractivity contribution < 1.29 is 9.59 Å². The Kier molecular flexibility index (Phi) is 8.82. The largest absolute Gasteiger partial charge is 0.354 e. The van der Waals surface area contributed by atoms with Crippen molar-refractivity contribution in [1.29, 1.82) is 0 Å².